The van der Waals surface area contributed by atoms with Crippen molar-refractivity contribution in [3.8, 4) is 0 Å². The van der Waals surface area contributed by atoms with Gasteiger partial charge >= 0.3 is 5.97 Å². The Balaban J connectivity index is 2.59. The van der Waals surface area contributed by atoms with Gasteiger partial charge in [0, 0.05) is 12.6 Å². The van der Waals surface area contributed by atoms with Crippen molar-refractivity contribution < 1.29 is 18.3 Å². The molecule has 0 aliphatic heterocycles. The fourth-order valence-electron chi connectivity index (χ4n) is 2.33. The van der Waals surface area contributed by atoms with E-state index < -0.39 is 21.6 Å². The zero-order chi connectivity index (χ0) is 16.8. The van der Waals surface area contributed by atoms with E-state index >= 15 is 0 Å². The minimum absolute atomic E-state index is 0.125. The molecule has 0 bridgehead atoms. The molecule has 0 aliphatic carbocycles. The van der Waals surface area contributed by atoms with Crippen molar-refractivity contribution in [2.24, 2.45) is 0 Å². The molecule has 1 rings (SSSR count). The number of hydrogen-bond donors (Lipinski definition) is 1. The summed E-state index contributed by atoms with van der Waals surface area (Å²) in [6.45, 7) is 4.46. The van der Waals surface area contributed by atoms with Gasteiger partial charge in [0.1, 0.15) is 5.75 Å². The van der Waals surface area contributed by atoms with E-state index in [2.05, 4.69) is 31.2 Å². The van der Waals surface area contributed by atoms with Gasteiger partial charge in [-0.05, 0) is 32.4 Å². The van der Waals surface area contributed by atoms with E-state index in [1.807, 2.05) is 18.9 Å². The molecule has 124 valence electrons. The lowest BCUT2D eigenvalue weighted by Gasteiger charge is -2.27. The number of aliphatic carboxylic acids is 1. The first kappa shape index (κ1) is 18.6. The molecule has 1 aromatic rings. The Bertz CT molecular complexity index is 581. The van der Waals surface area contributed by atoms with Crippen LogP contribution in [0.3, 0.4) is 0 Å². The monoisotopic (exact) mass is 327 g/mol. The normalized spacial score (nSPS) is 13.3. The number of carboxylic acids is 1. The van der Waals surface area contributed by atoms with Crippen molar-refractivity contribution in [1.82, 2.24) is 4.90 Å². The van der Waals surface area contributed by atoms with Crippen molar-refractivity contribution >= 4 is 15.8 Å². The molecule has 0 aliphatic rings. The third-order valence-electron chi connectivity index (χ3n) is 3.78. The lowest BCUT2D eigenvalue weighted by atomic mass is 10.0. The molecular weight excluding hydrogens is 302 g/mol. The van der Waals surface area contributed by atoms with Gasteiger partial charge in [0.25, 0.3) is 0 Å². The predicted octanol–water partition coefficient (Wildman–Crippen LogP) is 1.75. The Labute approximate surface area is 132 Å². The molecule has 0 saturated heterocycles. The number of sulfone groups is 1. The molecule has 0 saturated carbocycles. The van der Waals surface area contributed by atoms with E-state index in [0.29, 0.717) is 6.54 Å². The maximum Gasteiger partial charge on any atom is 0.318 e. The Kier molecular flexibility index (Phi) is 7.03. The van der Waals surface area contributed by atoms with Gasteiger partial charge in [-0.2, -0.15) is 0 Å². The molecule has 0 heterocycles. The molecule has 1 N–H and O–H groups in total. The summed E-state index contributed by atoms with van der Waals surface area (Å²) in [7, 11) is -1.65. The number of likely N-dealkylation sites (N-methyl/N-ethyl adjacent to an activating group) is 1. The summed E-state index contributed by atoms with van der Waals surface area (Å²) in [5, 5.41) is 8.59. The van der Waals surface area contributed by atoms with E-state index in [0.717, 1.165) is 12.8 Å². The Morgan fingerprint density at radius 3 is 2.36 bits per heavy atom. The molecule has 1 aromatic carbocycles. The molecule has 0 spiro atoms. The topological polar surface area (TPSA) is 74.7 Å². The van der Waals surface area contributed by atoms with Gasteiger partial charge < -0.3 is 10.0 Å². The number of aryl methyl sites for hydroxylation is 1. The molecule has 22 heavy (non-hydrogen) atoms. The van der Waals surface area contributed by atoms with Crippen LogP contribution in [0.1, 0.15) is 24.5 Å². The molecule has 0 fully saturated rings. The maximum atomic E-state index is 11.6. The third kappa shape index (κ3) is 6.58. The van der Waals surface area contributed by atoms with Crippen LogP contribution in [0.4, 0.5) is 0 Å². The van der Waals surface area contributed by atoms with E-state index in [9.17, 15) is 13.2 Å². The molecule has 0 aromatic heterocycles. The van der Waals surface area contributed by atoms with Crippen molar-refractivity contribution in [3.05, 3.63) is 35.4 Å². The molecule has 0 radical (unpaired) electrons. The molecule has 5 nitrogen and oxygen atoms in total. The van der Waals surface area contributed by atoms with Gasteiger partial charge in [-0.25, -0.2) is 8.42 Å². The quantitative estimate of drug-likeness (QED) is 0.748. The van der Waals surface area contributed by atoms with Crippen molar-refractivity contribution in [2.45, 2.75) is 32.7 Å². The third-order valence-corrected chi connectivity index (χ3v) is 5.28. The van der Waals surface area contributed by atoms with Crippen LogP contribution in [-0.4, -0.2) is 55.5 Å². The van der Waals surface area contributed by atoms with Crippen LogP contribution in [0.15, 0.2) is 24.3 Å². The summed E-state index contributed by atoms with van der Waals surface area (Å²) in [5.41, 5.74) is 2.43. The fraction of sp³-hybridized carbons (Fsp3) is 0.562. The molecule has 1 unspecified atom stereocenters. The minimum Gasteiger partial charge on any atom is -0.480 e. The van der Waals surface area contributed by atoms with Crippen LogP contribution in [0.2, 0.25) is 0 Å². The summed E-state index contributed by atoms with van der Waals surface area (Å²) in [6.07, 6.45) is 1.76. The van der Waals surface area contributed by atoms with Crippen LogP contribution in [-0.2, 0) is 21.1 Å². The molecule has 0 amide bonds. The van der Waals surface area contributed by atoms with Gasteiger partial charge in [-0.1, -0.05) is 36.8 Å². The largest absolute Gasteiger partial charge is 0.480 e. The Morgan fingerprint density at radius 2 is 1.86 bits per heavy atom. The van der Waals surface area contributed by atoms with Gasteiger partial charge in [-0.15, -0.1) is 0 Å². The number of carbonyl (C=O) groups is 1. The maximum absolute atomic E-state index is 11.6. The van der Waals surface area contributed by atoms with E-state index in [1.165, 1.54) is 11.1 Å². The highest BCUT2D eigenvalue weighted by molar-refractivity contribution is 7.92. The fourth-order valence-corrected chi connectivity index (χ4v) is 3.42. The summed E-state index contributed by atoms with van der Waals surface area (Å²) in [4.78, 5) is 12.5. The molecule has 1 atom stereocenters. The smallest absolute Gasteiger partial charge is 0.318 e. The Hall–Kier alpha value is -1.40. The average molecular weight is 327 g/mol. The molecular formula is C16H25NO4S. The summed E-state index contributed by atoms with van der Waals surface area (Å²) < 4.78 is 23.3. The number of rotatable bonds is 9. The van der Waals surface area contributed by atoms with Gasteiger partial charge in [0.05, 0.1) is 5.75 Å². The lowest BCUT2D eigenvalue weighted by Crippen LogP contribution is -2.37. The van der Waals surface area contributed by atoms with Crippen LogP contribution in [0.5, 0.6) is 0 Å². The van der Waals surface area contributed by atoms with Crippen LogP contribution >= 0.6 is 0 Å². The van der Waals surface area contributed by atoms with Crippen LogP contribution in [0, 0.1) is 6.92 Å². The zero-order valence-electron chi connectivity index (χ0n) is 13.4. The van der Waals surface area contributed by atoms with Crippen molar-refractivity contribution in [1.29, 1.82) is 0 Å². The summed E-state index contributed by atoms with van der Waals surface area (Å²) in [5.74, 6) is -2.22. The highest BCUT2D eigenvalue weighted by Gasteiger charge is 2.19. The Morgan fingerprint density at radius 1 is 1.27 bits per heavy atom. The first-order valence-corrected chi connectivity index (χ1v) is 9.23. The van der Waals surface area contributed by atoms with E-state index in [-0.39, 0.29) is 11.8 Å². The number of hydrogen-bond acceptors (Lipinski definition) is 4. The average Bonchev–Trinajstić information content (AvgIpc) is 2.43. The van der Waals surface area contributed by atoms with Gasteiger partial charge in [-0.3, -0.25) is 4.79 Å². The SMILES string of the molecule is CCC(Cc1ccc(C)cc1)N(C)CCS(=O)(=O)CC(=O)O. The predicted molar refractivity (Wildman–Crippen MR) is 87.9 cm³/mol. The zero-order valence-corrected chi connectivity index (χ0v) is 14.3. The van der Waals surface area contributed by atoms with Crippen molar-refractivity contribution in [2.75, 3.05) is 25.1 Å². The second-order valence-electron chi connectivity index (χ2n) is 5.72. The van der Waals surface area contributed by atoms with Crippen LogP contribution in [0.25, 0.3) is 0 Å². The number of benzene rings is 1. The van der Waals surface area contributed by atoms with Crippen molar-refractivity contribution in [3.63, 3.8) is 0 Å². The minimum atomic E-state index is -3.54. The van der Waals surface area contributed by atoms with E-state index in [4.69, 9.17) is 5.11 Å². The van der Waals surface area contributed by atoms with Crippen LogP contribution < -0.4 is 0 Å². The van der Waals surface area contributed by atoms with Gasteiger partial charge in [0.2, 0.25) is 0 Å². The second kappa shape index (κ2) is 8.29. The standard InChI is InChI=1S/C16H25NO4S/c1-4-15(11-14-7-5-13(2)6-8-14)17(3)9-10-22(20,21)12-16(18)19/h5-8,15H,4,9-12H2,1-3H3,(H,18,19). The number of carboxylic acid groups (broad SMARTS) is 1. The van der Waals surface area contributed by atoms with E-state index in [1.54, 1.807) is 0 Å². The van der Waals surface area contributed by atoms with Gasteiger partial charge in [0.15, 0.2) is 9.84 Å². The number of nitrogens with zero attached hydrogens (tertiary/aromatic N) is 1. The first-order valence-electron chi connectivity index (χ1n) is 7.41. The first-order chi connectivity index (χ1) is 10.2. The highest BCUT2D eigenvalue weighted by atomic mass is 32.2. The lowest BCUT2D eigenvalue weighted by molar-refractivity contribution is -0.134. The highest BCUT2D eigenvalue weighted by Crippen LogP contribution is 2.12. The second-order valence-corrected chi connectivity index (χ2v) is 7.90. The summed E-state index contributed by atoms with van der Waals surface area (Å²) >= 11 is 0. The summed E-state index contributed by atoms with van der Waals surface area (Å²) in [6, 6.07) is 8.56. The molecule has 6 heteroatoms.